The van der Waals surface area contributed by atoms with Gasteiger partial charge in [-0.25, -0.2) is 4.79 Å². The lowest BCUT2D eigenvalue weighted by atomic mass is 9.76. The molecule has 1 N–H and O–H groups in total. The molecule has 3 heteroatoms. The SMILES string of the molecule is COC(=O)c1ccc(C#CC#C[C@H]2C[C@H](CO)C2)cc1. The smallest absolute Gasteiger partial charge is 0.337 e. The van der Waals surface area contributed by atoms with Crippen LogP contribution in [0.4, 0.5) is 0 Å². The van der Waals surface area contributed by atoms with Gasteiger partial charge in [0.2, 0.25) is 0 Å². The molecule has 0 bridgehead atoms. The van der Waals surface area contributed by atoms with Crippen molar-refractivity contribution in [1.29, 1.82) is 0 Å². The van der Waals surface area contributed by atoms with Crippen LogP contribution >= 0.6 is 0 Å². The van der Waals surface area contributed by atoms with Crippen LogP contribution in [0.1, 0.15) is 28.8 Å². The summed E-state index contributed by atoms with van der Waals surface area (Å²) in [5.41, 5.74) is 1.32. The van der Waals surface area contributed by atoms with Crippen LogP contribution in [-0.4, -0.2) is 24.8 Å². The number of esters is 1. The fraction of sp³-hybridized carbons (Fsp3) is 0.353. The van der Waals surface area contributed by atoms with E-state index in [4.69, 9.17) is 5.11 Å². The Kier molecular flexibility index (Phi) is 4.82. The van der Waals surface area contributed by atoms with Crippen molar-refractivity contribution in [2.24, 2.45) is 11.8 Å². The molecule has 0 saturated heterocycles. The highest BCUT2D eigenvalue weighted by molar-refractivity contribution is 5.89. The summed E-state index contributed by atoms with van der Waals surface area (Å²) in [4.78, 5) is 11.3. The van der Waals surface area contributed by atoms with Gasteiger partial charge >= 0.3 is 5.97 Å². The molecule has 0 aliphatic heterocycles. The minimum Gasteiger partial charge on any atom is -0.465 e. The molecule has 0 aromatic heterocycles. The van der Waals surface area contributed by atoms with Gasteiger partial charge in [0.05, 0.1) is 12.7 Å². The Balaban J connectivity index is 1.90. The van der Waals surface area contributed by atoms with Crippen molar-refractivity contribution in [3.63, 3.8) is 0 Å². The highest BCUT2D eigenvalue weighted by atomic mass is 16.5. The molecule has 3 nitrogen and oxygen atoms in total. The number of hydrogen-bond donors (Lipinski definition) is 1. The first-order valence-corrected chi connectivity index (χ1v) is 6.53. The first-order chi connectivity index (χ1) is 9.72. The third-order valence-corrected chi connectivity index (χ3v) is 3.35. The summed E-state index contributed by atoms with van der Waals surface area (Å²) in [6.45, 7) is 0.260. The highest BCUT2D eigenvalue weighted by Gasteiger charge is 2.26. The van der Waals surface area contributed by atoms with Gasteiger partial charge in [-0.1, -0.05) is 11.8 Å². The molecule has 0 unspecified atom stereocenters. The van der Waals surface area contributed by atoms with Crippen molar-refractivity contribution in [2.45, 2.75) is 12.8 Å². The second-order valence-corrected chi connectivity index (χ2v) is 4.81. The third kappa shape index (κ3) is 3.63. The number of ether oxygens (including phenoxy) is 1. The van der Waals surface area contributed by atoms with Gasteiger partial charge in [0.25, 0.3) is 0 Å². The molecule has 0 radical (unpaired) electrons. The number of rotatable bonds is 2. The van der Waals surface area contributed by atoms with Crippen molar-refractivity contribution in [2.75, 3.05) is 13.7 Å². The van der Waals surface area contributed by atoms with E-state index in [1.165, 1.54) is 7.11 Å². The molecule has 0 atom stereocenters. The number of benzene rings is 1. The fourth-order valence-corrected chi connectivity index (χ4v) is 2.05. The van der Waals surface area contributed by atoms with Gasteiger partial charge in [-0.2, -0.15) is 0 Å². The molecule has 0 spiro atoms. The summed E-state index contributed by atoms with van der Waals surface area (Å²) in [6, 6.07) is 6.90. The topological polar surface area (TPSA) is 46.5 Å². The van der Waals surface area contributed by atoms with Crippen LogP contribution < -0.4 is 0 Å². The highest BCUT2D eigenvalue weighted by Crippen LogP contribution is 2.32. The van der Waals surface area contributed by atoms with E-state index >= 15 is 0 Å². The molecule has 1 aromatic rings. The first kappa shape index (κ1) is 14.2. The van der Waals surface area contributed by atoms with Crippen LogP contribution in [0.25, 0.3) is 0 Å². The molecule has 1 aromatic carbocycles. The van der Waals surface area contributed by atoms with Crippen molar-refractivity contribution in [1.82, 2.24) is 0 Å². The van der Waals surface area contributed by atoms with E-state index in [0.717, 1.165) is 18.4 Å². The van der Waals surface area contributed by atoms with Crippen LogP contribution in [0.15, 0.2) is 24.3 Å². The molecule has 20 heavy (non-hydrogen) atoms. The van der Waals surface area contributed by atoms with Crippen LogP contribution in [0.3, 0.4) is 0 Å². The fourth-order valence-electron chi connectivity index (χ4n) is 2.05. The number of carbonyl (C=O) groups excluding carboxylic acids is 1. The lowest BCUT2D eigenvalue weighted by Crippen LogP contribution is -2.25. The van der Waals surface area contributed by atoms with E-state index < -0.39 is 0 Å². The average molecular weight is 268 g/mol. The largest absolute Gasteiger partial charge is 0.465 e. The number of methoxy groups -OCH3 is 1. The van der Waals surface area contributed by atoms with Gasteiger partial charge in [0.1, 0.15) is 0 Å². The van der Waals surface area contributed by atoms with Crippen molar-refractivity contribution in [3.05, 3.63) is 35.4 Å². The van der Waals surface area contributed by atoms with Crippen LogP contribution in [-0.2, 0) is 4.74 Å². The van der Waals surface area contributed by atoms with Gasteiger partial charge in [0.15, 0.2) is 0 Å². The zero-order valence-corrected chi connectivity index (χ0v) is 11.3. The number of aliphatic hydroxyl groups is 1. The Morgan fingerprint density at radius 2 is 2.00 bits per heavy atom. The molecular weight excluding hydrogens is 252 g/mol. The Morgan fingerprint density at radius 3 is 2.60 bits per heavy atom. The standard InChI is InChI=1S/C17H16O3/c1-20-17(19)16-8-6-13(7-9-16)4-2-3-5-14-10-15(11-14)12-18/h6-9,14-15,18H,10-12H2,1H3/t14-,15-. The van der Waals surface area contributed by atoms with Gasteiger partial charge in [-0.05, 0) is 54.9 Å². The molecule has 0 heterocycles. The van der Waals surface area contributed by atoms with E-state index in [1.807, 2.05) is 0 Å². The lowest BCUT2D eigenvalue weighted by molar-refractivity contribution is 0.0600. The number of aliphatic hydroxyl groups excluding tert-OH is 1. The van der Waals surface area contributed by atoms with Crippen molar-refractivity contribution < 1.29 is 14.6 Å². The molecule has 1 saturated carbocycles. The Labute approximate surface area is 119 Å². The minimum atomic E-state index is -0.354. The Morgan fingerprint density at radius 1 is 1.30 bits per heavy atom. The molecule has 102 valence electrons. The van der Waals surface area contributed by atoms with Gasteiger partial charge in [-0.3, -0.25) is 0 Å². The predicted molar refractivity (Wildman–Crippen MR) is 75.7 cm³/mol. The zero-order chi connectivity index (χ0) is 14.4. The summed E-state index contributed by atoms with van der Waals surface area (Å²) in [5, 5.41) is 8.89. The van der Waals surface area contributed by atoms with E-state index in [-0.39, 0.29) is 12.6 Å². The van der Waals surface area contributed by atoms with Gasteiger partial charge in [-0.15, -0.1) is 0 Å². The maximum atomic E-state index is 11.3. The molecular formula is C17H16O3. The van der Waals surface area contributed by atoms with E-state index in [2.05, 4.69) is 28.4 Å². The summed E-state index contributed by atoms with van der Waals surface area (Å²) in [6.07, 6.45) is 1.94. The summed E-state index contributed by atoms with van der Waals surface area (Å²) in [7, 11) is 1.35. The maximum absolute atomic E-state index is 11.3. The monoisotopic (exact) mass is 268 g/mol. The molecule has 1 fully saturated rings. The van der Waals surface area contributed by atoms with Crippen molar-refractivity contribution >= 4 is 5.97 Å². The van der Waals surface area contributed by atoms with Gasteiger partial charge in [0, 0.05) is 18.1 Å². The molecule has 0 amide bonds. The second-order valence-electron chi connectivity index (χ2n) is 4.81. The summed E-state index contributed by atoms with van der Waals surface area (Å²) < 4.78 is 4.62. The quantitative estimate of drug-likeness (QED) is 0.657. The molecule has 1 aliphatic carbocycles. The Hall–Kier alpha value is -2.23. The first-order valence-electron chi connectivity index (χ1n) is 6.53. The minimum absolute atomic E-state index is 0.260. The van der Waals surface area contributed by atoms with E-state index in [0.29, 0.717) is 17.4 Å². The lowest BCUT2D eigenvalue weighted by Gasteiger charge is -2.29. The van der Waals surface area contributed by atoms with Crippen LogP contribution in [0.2, 0.25) is 0 Å². The summed E-state index contributed by atoms with van der Waals surface area (Å²) in [5.74, 6) is 12.1. The van der Waals surface area contributed by atoms with E-state index in [1.54, 1.807) is 24.3 Å². The maximum Gasteiger partial charge on any atom is 0.337 e. The third-order valence-electron chi connectivity index (χ3n) is 3.35. The number of hydrogen-bond acceptors (Lipinski definition) is 3. The molecule has 2 rings (SSSR count). The van der Waals surface area contributed by atoms with Crippen molar-refractivity contribution in [3.8, 4) is 23.7 Å². The van der Waals surface area contributed by atoms with Gasteiger partial charge < -0.3 is 9.84 Å². The molecule has 1 aliphatic rings. The predicted octanol–water partition coefficient (Wildman–Crippen LogP) is 1.85. The zero-order valence-electron chi connectivity index (χ0n) is 11.3. The normalized spacial score (nSPS) is 19.7. The number of carbonyl (C=O) groups is 1. The average Bonchev–Trinajstić information content (AvgIpc) is 2.45. The van der Waals surface area contributed by atoms with E-state index in [9.17, 15) is 4.79 Å². The Bertz CT molecular complexity index is 587. The van der Waals surface area contributed by atoms with Crippen LogP contribution in [0, 0.1) is 35.5 Å². The second kappa shape index (κ2) is 6.80. The summed E-state index contributed by atoms with van der Waals surface area (Å²) >= 11 is 0. The van der Waals surface area contributed by atoms with Crippen LogP contribution in [0.5, 0.6) is 0 Å².